The summed E-state index contributed by atoms with van der Waals surface area (Å²) >= 11 is 0. The molecule has 0 fully saturated rings. The van der Waals surface area contributed by atoms with Gasteiger partial charge in [0.1, 0.15) is 11.5 Å². The minimum absolute atomic E-state index is 0.291. The van der Waals surface area contributed by atoms with E-state index < -0.39 is 0 Å². The van der Waals surface area contributed by atoms with Crippen molar-refractivity contribution in [3.8, 4) is 11.5 Å². The molecule has 2 aromatic carbocycles. The first-order valence-corrected chi connectivity index (χ1v) is 9.58. The fourth-order valence-corrected chi connectivity index (χ4v) is 5.44. The number of hydrogen-bond donors (Lipinski definition) is 2. The van der Waals surface area contributed by atoms with E-state index in [1.54, 1.807) is 6.07 Å². The summed E-state index contributed by atoms with van der Waals surface area (Å²) in [6.45, 7) is 4.40. The van der Waals surface area contributed by atoms with Crippen LogP contribution in [-0.4, -0.2) is 22.5 Å². The van der Waals surface area contributed by atoms with E-state index in [0.717, 1.165) is 28.4 Å². The fourth-order valence-electron chi connectivity index (χ4n) is 2.62. The number of phenolic OH excluding ortho intramolecular Hbond substituents is 2. The quantitative estimate of drug-likeness (QED) is 0.561. The van der Waals surface area contributed by atoms with E-state index in [1.165, 1.54) is 25.7 Å². The van der Waals surface area contributed by atoms with Crippen LogP contribution >= 0.6 is 7.92 Å². The molecule has 3 heteroatoms. The van der Waals surface area contributed by atoms with Crippen LogP contribution in [-0.2, 0) is 0 Å². The average Bonchev–Trinajstić information content (AvgIpc) is 2.51. The second kappa shape index (κ2) is 7.66. The first kappa shape index (κ1) is 16.1. The Hall–Kier alpha value is -1.27. The molecule has 2 nitrogen and oxygen atoms in total. The third-order valence-corrected chi connectivity index (χ3v) is 6.61. The monoisotopic (exact) mass is 304 g/mol. The molecule has 2 rings (SSSR count). The number of fused-ring (bicyclic) bond motifs is 1. The summed E-state index contributed by atoms with van der Waals surface area (Å²) in [5.41, 5.74) is 0. The van der Waals surface area contributed by atoms with E-state index in [4.69, 9.17) is 0 Å². The Morgan fingerprint density at radius 3 is 2.05 bits per heavy atom. The van der Waals surface area contributed by atoms with Crippen LogP contribution in [0.4, 0.5) is 0 Å². The zero-order chi connectivity index (χ0) is 15.2. The number of phenols is 2. The molecule has 0 bridgehead atoms. The molecule has 2 N–H and O–H groups in total. The van der Waals surface area contributed by atoms with Crippen LogP contribution in [0.15, 0.2) is 30.3 Å². The second-order valence-corrected chi connectivity index (χ2v) is 7.96. The second-order valence-electron chi connectivity index (χ2n) is 5.50. The Bertz CT molecular complexity index is 587. The van der Waals surface area contributed by atoms with Crippen molar-refractivity contribution in [2.45, 2.75) is 39.5 Å². The van der Waals surface area contributed by atoms with Gasteiger partial charge in [-0.25, -0.2) is 0 Å². The van der Waals surface area contributed by atoms with Crippen molar-refractivity contribution in [2.75, 3.05) is 12.3 Å². The average molecular weight is 304 g/mol. The number of unbranched alkanes of at least 4 members (excludes halogenated alkanes) is 2. The Kier molecular flexibility index (Phi) is 5.87. The molecular weight excluding hydrogens is 279 g/mol. The lowest BCUT2D eigenvalue weighted by molar-refractivity contribution is 0.473. The smallest absolute Gasteiger partial charge is 0.131 e. The highest BCUT2D eigenvalue weighted by Gasteiger charge is 2.18. The van der Waals surface area contributed by atoms with Crippen molar-refractivity contribution >= 4 is 24.0 Å². The molecule has 114 valence electrons. The Balaban J connectivity index is 2.43. The summed E-state index contributed by atoms with van der Waals surface area (Å²) in [6, 6.07) is 9.34. The molecular formula is C18H25O2P. The van der Waals surface area contributed by atoms with E-state index in [1.807, 2.05) is 24.3 Å². The summed E-state index contributed by atoms with van der Waals surface area (Å²) < 4.78 is 0. The molecule has 0 atom stereocenters. The normalized spacial score (nSPS) is 11.4. The molecule has 0 saturated heterocycles. The molecule has 0 aliphatic heterocycles. The van der Waals surface area contributed by atoms with Gasteiger partial charge in [0.15, 0.2) is 0 Å². The van der Waals surface area contributed by atoms with Gasteiger partial charge in [0.05, 0.1) is 0 Å². The fraction of sp³-hybridized carbons (Fsp3) is 0.444. The molecule has 0 aliphatic rings. The van der Waals surface area contributed by atoms with Crippen LogP contribution in [0.3, 0.4) is 0 Å². The molecule has 0 saturated carbocycles. The maximum absolute atomic E-state index is 10.6. The van der Waals surface area contributed by atoms with Crippen LogP contribution in [0.2, 0.25) is 0 Å². The summed E-state index contributed by atoms with van der Waals surface area (Å²) in [5.74, 6) is 0.667. The highest BCUT2D eigenvalue weighted by molar-refractivity contribution is 7.65. The highest BCUT2D eigenvalue weighted by atomic mass is 31.1. The third-order valence-electron chi connectivity index (χ3n) is 3.88. The lowest BCUT2D eigenvalue weighted by atomic mass is 10.1. The Morgan fingerprint density at radius 1 is 0.905 bits per heavy atom. The van der Waals surface area contributed by atoms with Crippen LogP contribution in [0.5, 0.6) is 11.5 Å². The van der Waals surface area contributed by atoms with Gasteiger partial charge in [0.2, 0.25) is 0 Å². The van der Waals surface area contributed by atoms with Gasteiger partial charge in [-0.15, -0.1) is 0 Å². The molecule has 0 amide bonds. The van der Waals surface area contributed by atoms with Gasteiger partial charge >= 0.3 is 0 Å². The van der Waals surface area contributed by atoms with Crippen LogP contribution in [0, 0.1) is 0 Å². The van der Waals surface area contributed by atoms with Crippen molar-refractivity contribution in [3.63, 3.8) is 0 Å². The third kappa shape index (κ3) is 3.68. The predicted molar refractivity (Wildman–Crippen MR) is 93.4 cm³/mol. The van der Waals surface area contributed by atoms with E-state index in [9.17, 15) is 10.2 Å². The summed E-state index contributed by atoms with van der Waals surface area (Å²) in [4.78, 5) is 0. The van der Waals surface area contributed by atoms with E-state index in [0.29, 0.717) is 11.5 Å². The first-order valence-electron chi connectivity index (χ1n) is 7.87. The van der Waals surface area contributed by atoms with E-state index in [2.05, 4.69) is 13.8 Å². The van der Waals surface area contributed by atoms with Gasteiger partial charge in [0, 0.05) is 16.1 Å². The zero-order valence-corrected chi connectivity index (χ0v) is 13.9. The number of benzene rings is 2. The van der Waals surface area contributed by atoms with Crippen molar-refractivity contribution in [1.29, 1.82) is 0 Å². The molecule has 0 unspecified atom stereocenters. The lowest BCUT2D eigenvalue weighted by Crippen LogP contribution is -2.08. The maximum Gasteiger partial charge on any atom is 0.131 e. The van der Waals surface area contributed by atoms with Crippen molar-refractivity contribution in [2.24, 2.45) is 0 Å². The number of aromatic hydroxyl groups is 2. The number of hydrogen-bond acceptors (Lipinski definition) is 2. The molecule has 0 aromatic heterocycles. The van der Waals surface area contributed by atoms with Gasteiger partial charge < -0.3 is 10.2 Å². The molecule has 21 heavy (non-hydrogen) atoms. The summed E-state index contributed by atoms with van der Waals surface area (Å²) in [7, 11) is -0.388. The largest absolute Gasteiger partial charge is 0.507 e. The minimum Gasteiger partial charge on any atom is -0.507 e. The van der Waals surface area contributed by atoms with Crippen molar-refractivity contribution in [3.05, 3.63) is 30.3 Å². The van der Waals surface area contributed by atoms with Crippen LogP contribution in [0.1, 0.15) is 39.5 Å². The standard InChI is InChI=1S/C18H25O2P/c1-3-5-11-21(12-6-4-2)17-13-16(19)14-9-7-8-10-15(14)18(17)20/h7-10,13,19-20H,3-6,11-12H2,1-2H3. The minimum atomic E-state index is -0.388. The molecule has 0 spiro atoms. The predicted octanol–water partition coefficient (Wildman–Crippen LogP) is 4.96. The topological polar surface area (TPSA) is 40.5 Å². The Labute approximate surface area is 128 Å². The number of rotatable bonds is 7. The van der Waals surface area contributed by atoms with Gasteiger partial charge in [-0.1, -0.05) is 58.9 Å². The molecule has 2 aromatic rings. The van der Waals surface area contributed by atoms with Crippen LogP contribution < -0.4 is 5.30 Å². The SMILES string of the molecule is CCCCP(CCCC)c1cc(O)c2ccccc2c1O. The zero-order valence-electron chi connectivity index (χ0n) is 13.0. The van der Waals surface area contributed by atoms with Gasteiger partial charge in [-0.2, -0.15) is 0 Å². The van der Waals surface area contributed by atoms with Gasteiger partial charge in [0.25, 0.3) is 0 Å². The van der Waals surface area contributed by atoms with Crippen molar-refractivity contribution in [1.82, 2.24) is 0 Å². The summed E-state index contributed by atoms with van der Waals surface area (Å²) in [5, 5.41) is 23.4. The van der Waals surface area contributed by atoms with E-state index in [-0.39, 0.29) is 7.92 Å². The van der Waals surface area contributed by atoms with E-state index >= 15 is 0 Å². The van der Waals surface area contributed by atoms with Gasteiger partial charge in [-0.3, -0.25) is 0 Å². The summed E-state index contributed by atoms with van der Waals surface area (Å²) in [6.07, 6.45) is 6.98. The maximum atomic E-state index is 10.6. The first-order chi connectivity index (χ1) is 10.2. The lowest BCUT2D eigenvalue weighted by Gasteiger charge is -2.20. The Morgan fingerprint density at radius 2 is 1.48 bits per heavy atom. The van der Waals surface area contributed by atoms with Crippen LogP contribution in [0.25, 0.3) is 10.8 Å². The highest BCUT2D eigenvalue weighted by Crippen LogP contribution is 2.43. The molecule has 0 aliphatic carbocycles. The molecule has 0 radical (unpaired) electrons. The van der Waals surface area contributed by atoms with Crippen molar-refractivity contribution < 1.29 is 10.2 Å². The molecule has 0 heterocycles. The van der Waals surface area contributed by atoms with Gasteiger partial charge in [-0.05, 0) is 31.2 Å².